The number of aromatic nitrogens is 2. The molecule has 1 atom stereocenters. The molecule has 1 amide bonds. The number of methoxy groups -OCH3 is 1. The van der Waals surface area contributed by atoms with Crippen LogP contribution >= 0.6 is 0 Å². The average Bonchev–Trinajstić information content (AvgIpc) is 3.30. The molecule has 0 bridgehead atoms. The molecule has 1 N–H and O–H groups in total. The van der Waals surface area contributed by atoms with Gasteiger partial charge in [-0.25, -0.2) is 9.75 Å². The Morgan fingerprint density at radius 3 is 2.43 bits per heavy atom. The number of aryl methyl sites for hydroxylation is 1. The molecule has 0 radical (unpaired) electrons. The first kappa shape index (κ1) is 25.5. The van der Waals surface area contributed by atoms with Gasteiger partial charge >= 0.3 is 5.97 Å². The zero-order chi connectivity index (χ0) is 25.4. The van der Waals surface area contributed by atoms with Crippen LogP contribution in [0.2, 0.25) is 0 Å². The smallest absolute Gasteiger partial charge is 0.306 e. The second-order valence-corrected chi connectivity index (χ2v) is 7.88. The number of carbonyl (C=O) groups is 2. The van der Waals surface area contributed by atoms with Crippen molar-refractivity contribution in [1.29, 1.82) is 0 Å². The predicted molar refractivity (Wildman–Crippen MR) is 131 cm³/mol. The fourth-order valence-electron chi connectivity index (χ4n) is 3.30. The van der Waals surface area contributed by atoms with Crippen molar-refractivity contribution in [1.82, 2.24) is 14.8 Å². The Labute approximate surface area is 205 Å². The van der Waals surface area contributed by atoms with Crippen molar-refractivity contribution in [3.8, 4) is 34.5 Å². The fourth-order valence-corrected chi connectivity index (χ4v) is 3.30. The molecule has 1 aromatic heterocycles. The van der Waals surface area contributed by atoms with Gasteiger partial charge in [-0.2, -0.15) is 5.10 Å². The van der Waals surface area contributed by atoms with Gasteiger partial charge in [0.25, 0.3) is 0 Å². The maximum absolute atomic E-state index is 12.2. The van der Waals surface area contributed by atoms with E-state index in [1.54, 1.807) is 25.6 Å². The zero-order valence-electron chi connectivity index (χ0n) is 20.3. The summed E-state index contributed by atoms with van der Waals surface area (Å²) in [5.74, 6) is 5.45. The van der Waals surface area contributed by atoms with Gasteiger partial charge in [-0.3, -0.25) is 14.8 Å². The van der Waals surface area contributed by atoms with Crippen LogP contribution in [0.4, 0.5) is 0 Å². The molecule has 1 heterocycles. The van der Waals surface area contributed by atoms with Crippen molar-refractivity contribution in [2.24, 2.45) is 0 Å². The van der Waals surface area contributed by atoms with Gasteiger partial charge in [0.15, 0.2) is 0 Å². The molecule has 0 saturated carbocycles. The van der Waals surface area contributed by atoms with Crippen LogP contribution in [0.3, 0.4) is 0 Å². The molecule has 0 aliphatic heterocycles. The second kappa shape index (κ2) is 11.9. The molecule has 182 valence electrons. The molecular weight excluding hydrogens is 446 g/mol. The Kier molecular flexibility index (Phi) is 8.65. The molecule has 35 heavy (non-hydrogen) atoms. The largest absolute Gasteiger partial charge is 0.497 e. The third-order valence-corrected chi connectivity index (χ3v) is 5.25. The van der Waals surface area contributed by atoms with Crippen molar-refractivity contribution in [2.45, 2.75) is 39.7 Å². The van der Waals surface area contributed by atoms with E-state index >= 15 is 0 Å². The lowest BCUT2D eigenvalue weighted by molar-refractivity contribution is -0.171. The van der Waals surface area contributed by atoms with E-state index in [2.05, 4.69) is 16.9 Å². The van der Waals surface area contributed by atoms with Gasteiger partial charge in [0.05, 0.1) is 31.5 Å². The number of benzene rings is 2. The van der Waals surface area contributed by atoms with Crippen LogP contribution in [0.5, 0.6) is 5.75 Å². The van der Waals surface area contributed by atoms with E-state index in [-0.39, 0.29) is 19.4 Å². The highest BCUT2D eigenvalue weighted by atomic mass is 16.5. The van der Waals surface area contributed by atoms with Crippen molar-refractivity contribution in [3.05, 3.63) is 65.9 Å². The van der Waals surface area contributed by atoms with Gasteiger partial charge in [0, 0.05) is 18.1 Å². The summed E-state index contributed by atoms with van der Waals surface area (Å²) in [6, 6.07) is 16.7. The summed E-state index contributed by atoms with van der Waals surface area (Å²) in [4.78, 5) is 23.6. The third kappa shape index (κ3) is 6.71. The van der Waals surface area contributed by atoms with E-state index in [4.69, 9.17) is 9.47 Å². The van der Waals surface area contributed by atoms with Crippen LogP contribution in [0, 0.1) is 18.8 Å². The zero-order valence-corrected chi connectivity index (χ0v) is 20.3. The maximum atomic E-state index is 12.2. The van der Waals surface area contributed by atoms with Gasteiger partial charge in [-0.05, 0) is 51.0 Å². The Hall–Kier alpha value is -4.09. The van der Waals surface area contributed by atoms with Gasteiger partial charge in [-0.15, -0.1) is 0 Å². The minimum atomic E-state index is -0.793. The summed E-state index contributed by atoms with van der Waals surface area (Å²) in [5.41, 5.74) is 4.28. The molecule has 3 aromatic rings. The first-order chi connectivity index (χ1) is 16.8. The van der Waals surface area contributed by atoms with Gasteiger partial charge in [0.2, 0.25) is 5.91 Å². The third-order valence-electron chi connectivity index (χ3n) is 5.25. The number of esters is 1. The van der Waals surface area contributed by atoms with Crippen LogP contribution in [0.1, 0.15) is 37.9 Å². The molecule has 2 aromatic carbocycles. The summed E-state index contributed by atoms with van der Waals surface area (Å²) in [6.45, 7) is 5.55. The molecule has 0 fully saturated rings. The number of hydroxylamine groups is 2. The van der Waals surface area contributed by atoms with E-state index in [0.717, 1.165) is 28.3 Å². The number of hydrogen-bond donors (Lipinski definition) is 1. The molecule has 0 aliphatic carbocycles. The van der Waals surface area contributed by atoms with E-state index < -0.39 is 17.9 Å². The summed E-state index contributed by atoms with van der Waals surface area (Å²) in [5, 5.41) is 15.4. The summed E-state index contributed by atoms with van der Waals surface area (Å²) >= 11 is 0. The van der Waals surface area contributed by atoms with Gasteiger partial charge in [-0.1, -0.05) is 35.7 Å². The lowest BCUT2D eigenvalue weighted by Gasteiger charge is -2.17. The minimum Gasteiger partial charge on any atom is -0.497 e. The first-order valence-electron chi connectivity index (χ1n) is 11.3. The molecule has 0 aliphatic rings. The standard InChI is InChI=1S/C27H29N3O5/c1-5-35-27(32)17-16-26(31)30(33)20(3)8-11-22-18-25(21-9-6-19(2)7-10-21)29(28-22)23-12-14-24(34-4)15-13-23/h6-7,9-10,12-15,18,20,33H,5,16-17H2,1-4H3. The number of nitrogens with zero attached hydrogens (tertiary/aromatic N) is 3. The summed E-state index contributed by atoms with van der Waals surface area (Å²) < 4.78 is 11.9. The summed E-state index contributed by atoms with van der Waals surface area (Å²) in [6.07, 6.45) is -0.263. The average molecular weight is 476 g/mol. The predicted octanol–water partition coefficient (Wildman–Crippen LogP) is 4.16. The van der Waals surface area contributed by atoms with Crippen molar-refractivity contribution >= 4 is 11.9 Å². The molecule has 0 spiro atoms. The normalized spacial score (nSPS) is 11.2. The van der Waals surface area contributed by atoms with E-state index in [0.29, 0.717) is 10.8 Å². The molecule has 3 rings (SSSR count). The highest BCUT2D eigenvalue weighted by Crippen LogP contribution is 2.25. The van der Waals surface area contributed by atoms with Crippen LogP contribution in [-0.2, 0) is 14.3 Å². The topological polar surface area (TPSA) is 93.9 Å². The Morgan fingerprint density at radius 2 is 1.80 bits per heavy atom. The van der Waals surface area contributed by atoms with Crippen LogP contribution < -0.4 is 4.74 Å². The first-order valence-corrected chi connectivity index (χ1v) is 11.3. The molecule has 8 heteroatoms. The van der Waals surface area contributed by atoms with Crippen molar-refractivity contribution in [2.75, 3.05) is 13.7 Å². The van der Waals surface area contributed by atoms with E-state index in [9.17, 15) is 14.8 Å². The van der Waals surface area contributed by atoms with Crippen LogP contribution in [0.15, 0.2) is 54.6 Å². The minimum absolute atomic E-state index is 0.101. The number of rotatable bonds is 8. The fraction of sp³-hybridized carbons (Fsp3) is 0.296. The number of hydrogen-bond acceptors (Lipinski definition) is 6. The van der Waals surface area contributed by atoms with E-state index in [1.807, 2.05) is 61.5 Å². The van der Waals surface area contributed by atoms with Crippen LogP contribution in [-0.4, -0.2) is 51.7 Å². The van der Waals surface area contributed by atoms with Gasteiger partial charge < -0.3 is 9.47 Å². The van der Waals surface area contributed by atoms with E-state index in [1.165, 1.54) is 0 Å². The highest BCUT2D eigenvalue weighted by Gasteiger charge is 2.18. The van der Waals surface area contributed by atoms with Crippen molar-refractivity contribution in [3.63, 3.8) is 0 Å². The number of ether oxygens (including phenoxy) is 2. The monoisotopic (exact) mass is 475 g/mol. The van der Waals surface area contributed by atoms with Crippen molar-refractivity contribution < 1.29 is 24.3 Å². The van der Waals surface area contributed by atoms with Gasteiger partial charge in [0.1, 0.15) is 17.5 Å². The number of amides is 1. The Bertz CT molecular complexity index is 1220. The lowest BCUT2D eigenvalue weighted by atomic mass is 10.1. The number of carbonyl (C=O) groups excluding carboxylic acids is 2. The van der Waals surface area contributed by atoms with Crippen LogP contribution in [0.25, 0.3) is 16.9 Å². The second-order valence-electron chi connectivity index (χ2n) is 7.88. The Balaban J connectivity index is 1.84. The molecule has 8 nitrogen and oxygen atoms in total. The molecule has 1 unspecified atom stereocenters. The maximum Gasteiger partial charge on any atom is 0.306 e. The SMILES string of the molecule is CCOC(=O)CCC(=O)N(O)C(C)C#Cc1cc(-c2ccc(C)cc2)n(-c2ccc(OC)cc2)n1. The Morgan fingerprint density at radius 1 is 1.11 bits per heavy atom. The molecule has 0 saturated heterocycles. The quantitative estimate of drug-likeness (QED) is 0.228. The summed E-state index contributed by atoms with van der Waals surface area (Å²) in [7, 11) is 1.61. The highest BCUT2D eigenvalue weighted by molar-refractivity contribution is 5.81. The lowest BCUT2D eigenvalue weighted by Crippen LogP contribution is -2.35. The molecular formula is C27H29N3O5.